The van der Waals surface area contributed by atoms with Gasteiger partial charge in [-0.3, -0.25) is 10.1 Å². The zero-order valence-corrected chi connectivity index (χ0v) is 12.1. The minimum atomic E-state index is -0.448. The van der Waals surface area contributed by atoms with Gasteiger partial charge in [0.1, 0.15) is 5.69 Å². The van der Waals surface area contributed by atoms with Crippen molar-refractivity contribution < 1.29 is 4.92 Å². The van der Waals surface area contributed by atoms with Gasteiger partial charge in [-0.25, -0.2) is 0 Å². The summed E-state index contributed by atoms with van der Waals surface area (Å²) in [6.45, 7) is 0.557. The Morgan fingerprint density at radius 3 is 2.68 bits per heavy atom. The van der Waals surface area contributed by atoms with Crippen LogP contribution in [0.3, 0.4) is 0 Å². The van der Waals surface area contributed by atoms with Crippen LogP contribution in [0.2, 0.25) is 9.36 Å². The second-order valence-electron chi connectivity index (χ2n) is 3.77. The van der Waals surface area contributed by atoms with E-state index in [-0.39, 0.29) is 5.69 Å². The van der Waals surface area contributed by atoms with E-state index >= 15 is 0 Å². The van der Waals surface area contributed by atoms with Gasteiger partial charge in [0, 0.05) is 17.5 Å². The van der Waals surface area contributed by atoms with Crippen LogP contribution in [0.1, 0.15) is 4.88 Å². The zero-order chi connectivity index (χ0) is 13.8. The first-order valence-corrected chi connectivity index (χ1v) is 7.06. The molecule has 0 atom stereocenters. The van der Waals surface area contributed by atoms with Gasteiger partial charge in [-0.1, -0.05) is 29.3 Å². The number of nitrogens with one attached hydrogen (secondary N) is 1. The van der Waals surface area contributed by atoms with E-state index in [1.165, 1.54) is 17.4 Å². The fourth-order valence-electron chi connectivity index (χ4n) is 1.64. The number of nitrogens with zero attached hydrogens (tertiary/aromatic N) is 1. The molecule has 2 rings (SSSR count). The van der Waals surface area contributed by atoms with Crippen molar-refractivity contribution in [1.29, 1.82) is 0 Å². The van der Waals surface area contributed by atoms with Crippen LogP contribution in [-0.2, 0) is 6.42 Å². The van der Waals surface area contributed by atoms with Gasteiger partial charge in [0.25, 0.3) is 5.69 Å². The summed E-state index contributed by atoms with van der Waals surface area (Å²) in [4.78, 5) is 11.6. The molecule has 0 spiro atoms. The molecule has 1 heterocycles. The molecule has 0 aliphatic heterocycles. The maximum absolute atomic E-state index is 10.9. The van der Waals surface area contributed by atoms with Gasteiger partial charge in [-0.05, 0) is 24.6 Å². The van der Waals surface area contributed by atoms with Crippen molar-refractivity contribution in [1.82, 2.24) is 0 Å². The van der Waals surface area contributed by atoms with Gasteiger partial charge in [0.15, 0.2) is 0 Å². The minimum absolute atomic E-state index is 0.0169. The van der Waals surface area contributed by atoms with E-state index in [9.17, 15) is 10.1 Å². The predicted molar refractivity (Wildman–Crippen MR) is 79.6 cm³/mol. The van der Waals surface area contributed by atoms with Crippen LogP contribution in [-0.4, -0.2) is 11.5 Å². The molecule has 7 heteroatoms. The van der Waals surface area contributed by atoms with E-state index in [0.29, 0.717) is 17.3 Å². The standard InChI is InChI=1S/C12H10Cl2N2O2S/c13-9-2-1-3-10(16(17)18)12(9)15-7-6-8-4-5-11(14)19-8/h1-5,15H,6-7H2. The van der Waals surface area contributed by atoms with E-state index in [1.54, 1.807) is 12.1 Å². The lowest BCUT2D eigenvalue weighted by Gasteiger charge is -2.08. The van der Waals surface area contributed by atoms with Crippen molar-refractivity contribution in [3.63, 3.8) is 0 Å². The minimum Gasteiger partial charge on any atom is -0.378 e. The maximum Gasteiger partial charge on any atom is 0.293 e. The zero-order valence-electron chi connectivity index (χ0n) is 9.73. The topological polar surface area (TPSA) is 55.2 Å². The molecule has 19 heavy (non-hydrogen) atoms. The Morgan fingerprint density at radius 2 is 2.05 bits per heavy atom. The lowest BCUT2D eigenvalue weighted by atomic mass is 10.2. The normalized spacial score (nSPS) is 10.4. The second kappa shape index (κ2) is 6.23. The van der Waals surface area contributed by atoms with Gasteiger partial charge in [0.05, 0.1) is 14.3 Å². The Kier molecular flexibility index (Phi) is 4.63. The molecule has 100 valence electrons. The number of hydrogen-bond donors (Lipinski definition) is 1. The molecule has 0 fully saturated rings. The van der Waals surface area contributed by atoms with E-state index in [4.69, 9.17) is 23.2 Å². The van der Waals surface area contributed by atoms with E-state index in [1.807, 2.05) is 12.1 Å². The number of nitro groups is 1. The van der Waals surface area contributed by atoms with Crippen molar-refractivity contribution in [3.8, 4) is 0 Å². The average molecular weight is 317 g/mol. The van der Waals surface area contributed by atoms with Gasteiger partial charge >= 0.3 is 0 Å². The summed E-state index contributed by atoms with van der Waals surface area (Å²) in [5, 5.41) is 14.3. The molecule has 4 nitrogen and oxygen atoms in total. The molecule has 0 radical (unpaired) electrons. The van der Waals surface area contributed by atoms with Crippen LogP contribution in [0.5, 0.6) is 0 Å². The number of rotatable bonds is 5. The summed E-state index contributed by atoms with van der Waals surface area (Å²) in [6, 6.07) is 8.38. The quantitative estimate of drug-likeness (QED) is 0.647. The summed E-state index contributed by atoms with van der Waals surface area (Å²) in [7, 11) is 0. The van der Waals surface area contributed by atoms with Crippen LogP contribution in [0.4, 0.5) is 11.4 Å². The van der Waals surface area contributed by atoms with Crippen molar-refractivity contribution in [2.45, 2.75) is 6.42 Å². The van der Waals surface area contributed by atoms with E-state index < -0.39 is 4.92 Å². The molecule has 0 unspecified atom stereocenters. The van der Waals surface area contributed by atoms with Crippen LogP contribution in [0, 0.1) is 10.1 Å². The monoisotopic (exact) mass is 316 g/mol. The third-order valence-corrected chi connectivity index (χ3v) is 4.10. The number of benzene rings is 1. The third-order valence-electron chi connectivity index (χ3n) is 2.49. The summed E-state index contributed by atoms with van der Waals surface area (Å²) in [5.41, 5.74) is 0.341. The SMILES string of the molecule is O=[N+]([O-])c1cccc(Cl)c1NCCc1ccc(Cl)s1. The molecule has 1 aromatic heterocycles. The third kappa shape index (κ3) is 3.59. The summed E-state index contributed by atoms with van der Waals surface area (Å²) >= 11 is 13.3. The Morgan fingerprint density at radius 1 is 1.26 bits per heavy atom. The second-order valence-corrected chi connectivity index (χ2v) is 5.98. The Hall–Kier alpha value is -1.30. The Labute approximate surface area is 124 Å². The first-order chi connectivity index (χ1) is 9.08. The fourth-order valence-corrected chi connectivity index (χ4v) is 2.96. The summed E-state index contributed by atoms with van der Waals surface area (Å²) in [5.74, 6) is 0. The first-order valence-electron chi connectivity index (χ1n) is 5.49. The Bertz CT molecular complexity index is 601. The van der Waals surface area contributed by atoms with Crippen LogP contribution < -0.4 is 5.32 Å². The van der Waals surface area contributed by atoms with Crippen molar-refractivity contribution in [2.75, 3.05) is 11.9 Å². The van der Waals surface area contributed by atoms with Crippen molar-refractivity contribution >= 4 is 45.9 Å². The van der Waals surface area contributed by atoms with Crippen molar-refractivity contribution in [3.05, 3.63) is 54.7 Å². The summed E-state index contributed by atoms with van der Waals surface area (Å²) in [6.07, 6.45) is 0.736. The average Bonchev–Trinajstić information content (AvgIpc) is 2.77. The number of anilines is 1. The van der Waals surface area contributed by atoms with Crippen LogP contribution in [0.15, 0.2) is 30.3 Å². The molecule has 0 aliphatic rings. The molecular formula is C12H10Cl2N2O2S. The lowest BCUT2D eigenvalue weighted by Crippen LogP contribution is -2.06. The molecule has 0 bridgehead atoms. The van der Waals surface area contributed by atoms with Crippen molar-refractivity contribution in [2.24, 2.45) is 0 Å². The number of hydrogen-bond acceptors (Lipinski definition) is 4. The first kappa shape index (κ1) is 14.1. The number of halogens is 2. The molecule has 1 N–H and O–H groups in total. The highest BCUT2D eigenvalue weighted by Crippen LogP contribution is 2.31. The molecule has 0 saturated heterocycles. The highest BCUT2D eigenvalue weighted by molar-refractivity contribution is 7.16. The smallest absolute Gasteiger partial charge is 0.293 e. The van der Waals surface area contributed by atoms with Gasteiger partial charge in [0.2, 0.25) is 0 Å². The molecule has 2 aromatic rings. The predicted octanol–water partition coefficient (Wildman–Crippen LogP) is 4.62. The largest absolute Gasteiger partial charge is 0.378 e. The molecular weight excluding hydrogens is 307 g/mol. The molecule has 0 aliphatic carbocycles. The number of thiophene rings is 1. The fraction of sp³-hybridized carbons (Fsp3) is 0.167. The molecule has 0 saturated carbocycles. The maximum atomic E-state index is 10.9. The Balaban J connectivity index is 2.05. The highest BCUT2D eigenvalue weighted by Gasteiger charge is 2.15. The van der Waals surface area contributed by atoms with Crippen LogP contribution >= 0.6 is 34.5 Å². The van der Waals surface area contributed by atoms with Gasteiger partial charge in [-0.15, -0.1) is 11.3 Å². The van der Waals surface area contributed by atoms with Gasteiger partial charge < -0.3 is 5.32 Å². The molecule has 1 aromatic carbocycles. The van der Waals surface area contributed by atoms with Gasteiger partial charge in [-0.2, -0.15) is 0 Å². The molecule has 0 amide bonds. The summed E-state index contributed by atoms with van der Waals surface area (Å²) < 4.78 is 0.735. The van der Waals surface area contributed by atoms with E-state index in [0.717, 1.165) is 15.6 Å². The number of para-hydroxylation sites is 1. The highest BCUT2D eigenvalue weighted by atomic mass is 35.5. The lowest BCUT2D eigenvalue weighted by molar-refractivity contribution is -0.383. The van der Waals surface area contributed by atoms with Crippen LogP contribution in [0.25, 0.3) is 0 Å². The van der Waals surface area contributed by atoms with E-state index in [2.05, 4.69) is 5.32 Å². The number of nitro benzene ring substituents is 1.